The largest absolute Gasteiger partial charge is 0.449 e. The highest BCUT2D eigenvalue weighted by Gasteiger charge is 2.19. The van der Waals surface area contributed by atoms with Gasteiger partial charge in [0.05, 0.1) is 6.61 Å². The number of hydrogen-bond acceptors (Lipinski definition) is 5. The number of nitrogens with one attached hydrogen (secondary N) is 1. The lowest BCUT2D eigenvalue weighted by Crippen LogP contribution is -2.39. The number of nitrogens with zero attached hydrogens (tertiary/aromatic N) is 1. The molecule has 0 amide bonds. The molecule has 0 bridgehead atoms. The second-order valence-corrected chi connectivity index (χ2v) is 3.49. The van der Waals surface area contributed by atoms with E-state index in [0.29, 0.717) is 5.70 Å². The van der Waals surface area contributed by atoms with Gasteiger partial charge in [0.1, 0.15) is 12.1 Å². The summed E-state index contributed by atoms with van der Waals surface area (Å²) in [5.41, 5.74) is 1.31. The second-order valence-electron chi connectivity index (χ2n) is 3.49. The summed E-state index contributed by atoms with van der Waals surface area (Å²) in [5, 5.41) is 20.2. The molecule has 2 N–H and O–H groups in total. The first-order valence-electron chi connectivity index (χ1n) is 5.34. The van der Waals surface area contributed by atoms with Gasteiger partial charge < -0.3 is 15.2 Å². The molecule has 1 rings (SSSR count). The van der Waals surface area contributed by atoms with Crippen LogP contribution in [0.25, 0.3) is 5.70 Å². The standard InChI is InChI=1S/C13H14N2O3/c1-10(11-5-3-2-4-6-11)15-12(9-16)13(17)18-8-7-14/h2-6,12,15-16H,1,8-9H2/t12-/m0/s1. The lowest BCUT2D eigenvalue weighted by molar-refractivity contribution is -0.145. The molecule has 1 aromatic carbocycles. The van der Waals surface area contributed by atoms with Crippen molar-refractivity contribution in [1.82, 2.24) is 5.32 Å². The molecule has 1 atom stereocenters. The number of ether oxygens (including phenoxy) is 1. The Morgan fingerprint density at radius 3 is 2.72 bits per heavy atom. The van der Waals surface area contributed by atoms with E-state index in [1.54, 1.807) is 6.07 Å². The number of aliphatic hydroxyl groups excluding tert-OH is 1. The molecule has 0 radical (unpaired) electrons. The minimum Gasteiger partial charge on any atom is -0.449 e. The predicted molar refractivity (Wildman–Crippen MR) is 66.1 cm³/mol. The average molecular weight is 246 g/mol. The number of rotatable bonds is 6. The van der Waals surface area contributed by atoms with Crippen molar-refractivity contribution in [2.24, 2.45) is 0 Å². The summed E-state index contributed by atoms with van der Waals surface area (Å²) in [4.78, 5) is 11.5. The van der Waals surface area contributed by atoms with Crippen molar-refractivity contribution in [3.8, 4) is 6.07 Å². The zero-order valence-corrected chi connectivity index (χ0v) is 9.80. The number of carbonyl (C=O) groups excluding carboxylic acids is 1. The molecule has 0 unspecified atom stereocenters. The number of aliphatic hydroxyl groups is 1. The molecular formula is C13H14N2O3. The molecule has 0 aliphatic carbocycles. The third kappa shape index (κ3) is 3.92. The van der Waals surface area contributed by atoms with Crippen molar-refractivity contribution in [3.05, 3.63) is 42.5 Å². The second kappa shape index (κ2) is 7.09. The van der Waals surface area contributed by atoms with Crippen LogP contribution in [0.2, 0.25) is 0 Å². The highest BCUT2D eigenvalue weighted by atomic mass is 16.5. The Labute approximate surface area is 105 Å². The first-order chi connectivity index (χ1) is 8.69. The van der Waals surface area contributed by atoms with Crippen LogP contribution in [0.1, 0.15) is 5.56 Å². The van der Waals surface area contributed by atoms with Crippen LogP contribution in [0, 0.1) is 11.3 Å². The van der Waals surface area contributed by atoms with Gasteiger partial charge in [-0.3, -0.25) is 0 Å². The van der Waals surface area contributed by atoms with Crippen LogP contribution in [-0.2, 0) is 9.53 Å². The molecule has 5 nitrogen and oxygen atoms in total. The van der Waals surface area contributed by atoms with Gasteiger partial charge in [0.25, 0.3) is 0 Å². The minimum absolute atomic E-state index is 0.338. The molecular weight excluding hydrogens is 232 g/mol. The molecule has 0 spiro atoms. The van der Waals surface area contributed by atoms with Gasteiger partial charge in [-0.25, -0.2) is 4.79 Å². The number of nitriles is 1. The van der Waals surface area contributed by atoms with E-state index in [2.05, 4.69) is 16.6 Å². The smallest absolute Gasteiger partial charge is 0.332 e. The summed E-state index contributed by atoms with van der Waals surface area (Å²) in [6.45, 7) is 3.01. The Kier molecular flexibility index (Phi) is 5.42. The van der Waals surface area contributed by atoms with E-state index in [1.807, 2.05) is 30.3 Å². The lowest BCUT2D eigenvalue weighted by atomic mass is 10.1. The number of hydrogen-bond donors (Lipinski definition) is 2. The average Bonchev–Trinajstić information content (AvgIpc) is 2.42. The van der Waals surface area contributed by atoms with Crippen molar-refractivity contribution >= 4 is 11.7 Å². The highest BCUT2D eigenvalue weighted by Crippen LogP contribution is 2.09. The molecule has 18 heavy (non-hydrogen) atoms. The van der Waals surface area contributed by atoms with Gasteiger partial charge in [0.2, 0.25) is 0 Å². The SMILES string of the molecule is C=C(N[C@@H](CO)C(=O)OCC#N)c1ccccc1. The molecule has 0 saturated heterocycles. The summed E-state index contributed by atoms with van der Waals surface area (Å²) in [5.74, 6) is -0.684. The predicted octanol–water partition coefficient (Wildman–Crippen LogP) is 0.675. The molecule has 0 aromatic heterocycles. The van der Waals surface area contributed by atoms with E-state index in [4.69, 9.17) is 10.4 Å². The van der Waals surface area contributed by atoms with Crippen LogP contribution >= 0.6 is 0 Å². The highest BCUT2D eigenvalue weighted by molar-refractivity contribution is 5.78. The molecule has 0 saturated carbocycles. The van der Waals surface area contributed by atoms with Crippen LogP contribution in [0.15, 0.2) is 36.9 Å². The van der Waals surface area contributed by atoms with Gasteiger partial charge in [-0.1, -0.05) is 36.9 Å². The first-order valence-corrected chi connectivity index (χ1v) is 5.34. The summed E-state index contributed by atoms with van der Waals surface area (Å²) >= 11 is 0. The van der Waals surface area contributed by atoms with Crippen molar-refractivity contribution < 1.29 is 14.6 Å². The topological polar surface area (TPSA) is 82.3 Å². The van der Waals surface area contributed by atoms with Gasteiger partial charge in [-0.05, 0) is 5.56 Å². The zero-order valence-electron chi connectivity index (χ0n) is 9.80. The Morgan fingerprint density at radius 1 is 1.50 bits per heavy atom. The first kappa shape index (κ1) is 13.7. The van der Waals surface area contributed by atoms with Crippen LogP contribution in [0.5, 0.6) is 0 Å². The molecule has 0 fully saturated rings. The Balaban J connectivity index is 2.61. The van der Waals surface area contributed by atoms with E-state index < -0.39 is 18.6 Å². The third-order valence-electron chi connectivity index (χ3n) is 2.22. The van der Waals surface area contributed by atoms with E-state index in [9.17, 15) is 4.79 Å². The van der Waals surface area contributed by atoms with Gasteiger partial charge in [0, 0.05) is 5.70 Å². The van der Waals surface area contributed by atoms with Gasteiger partial charge in [-0.15, -0.1) is 0 Å². The summed E-state index contributed by atoms with van der Waals surface area (Å²) in [6.07, 6.45) is 0. The fourth-order valence-electron chi connectivity index (χ4n) is 1.32. The van der Waals surface area contributed by atoms with E-state index >= 15 is 0 Å². The quantitative estimate of drug-likeness (QED) is 0.721. The molecule has 5 heteroatoms. The fourth-order valence-corrected chi connectivity index (χ4v) is 1.32. The van der Waals surface area contributed by atoms with E-state index in [1.165, 1.54) is 0 Å². The molecule has 0 aliphatic heterocycles. The van der Waals surface area contributed by atoms with Gasteiger partial charge in [0.15, 0.2) is 6.61 Å². The van der Waals surface area contributed by atoms with Crippen LogP contribution in [-0.4, -0.2) is 30.3 Å². The van der Waals surface area contributed by atoms with Gasteiger partial charge in [-0.2, -0.15) is 5.26 Å². The number of esters is 1. The van der Waals surface area contributed by atoms with E-state index in [0.717, 1.165) is 5.56 Å². The van der Waals surface area contributed by atoms with Crippen LogP contribution in [0.3, 0.4) is 0 Å². The Morgan fingerprint density at radius 2 is 2.17 bits per heavy atom. The zero-order chi connectivity index (χ0) is 13.4. The number of benzene rings is 1. The number of carbonyl (C=O) groups is 1. The molecule has 0 heterocycles. The van der Waals surface area contributed by atoms with Gasteiger partial charge >= 0.3 is 5.97 Å². The van der Waals surface area contributed by atoms with Crippen LogP contribution in [0.4, 0.5) is 0 Å². The maximum absolute atomic E-state index is 11.5. The molecule has 1 aromatic rings. The maximum atomic E-state index is 11.5. The maximum Gasteiger partial charge on any atom is 0.332 e. The fraction of sp³-hybridized carbons (Fsp3) is 0.231. The monoisotopic (exact) mass is 246 g/mol. The van der Waals surface area contributed by atoms with Crippen molar-refractivity contribution in [2.45, 2.75) is 6.04 Å². The minimum atomic E-state index is -0.925. The van der Waals surface area contributed by atoms with Crippen LogP contribution < -0.4 is 5.32 Å². The molecule has 94 valence electrons. The van der Waals surface area contributed by atoms with E-state index in [-0.39, 0.29) is 6.61 Å². The summed E-state index contributed by atoms with van der Waals surface area (Å²) in [7, 11) is 0. The summed E-state index contributed by atoms with van der Waals surface area (Å²) < 4.78 is 4.62. The molecule has 0 aliphatic rings. The Bertz CT molecular complexity index is 451. The normalized spacial score (nSPS) is 11.1. The Hall–Kier alpha value is -2.32. The van der Waals surface area contributed by atoms with Crippen molar-refractivity contribution in [1.29, 1.82) is 5.26 Å². The van der Waals surface area contributed by atoms with Crippen molar-refractivity contribution in [2.75, 3.05) is 13.2 Å². The third-order valence-corrected chi connectivity index (χ3v) is 2.22. The summed E-state index contributed by atoms with van der Waals surface area (Å²) in [6, 6.07) is 9.95. The lowest BCUT2D eigenvalue weighted by Gasteiger charge is -2.17. The van der Waals surface area contributed by atoms with Crippen molar-refractivity contribution in [3.63, 3.8) is 0 Å².